The van der Waals surface area contributed by atoms with Crippen LogP contribution in [0.25, 0.3) is 0 Å². The number of ether oxygens (including phenoxy) is 1. The summed E-state index contributed by atoms with van der Waals surface area (Å²) in [5.41, 5.74) is 9.92. The van der Waals surface area contributed by atoms with E-state index in [4.69, 9.17) is 10.5 Å². The molecule has 88 valence electrons. The Kier molecular flexibility index (Phi) is 3.17. The molecule has 3 heteroatoms. The largest absolute Gasteiger partial charge is 0.496 e. The van der Waals surface area contributed by atoms with Crippen LogP contribution in [0.4, 0.5) is 0 Å². The summed E-state index contributed by atoms with van der Waals surface area (Å²) in [7, 11) is 1.71. The second kappa shape index (κ2) is 4.44. The molecule has 1 aromatic rings. The molecule has 1 atom stereocenters. The van der Waals surface area contributed by atoms with Crippen LogP contribution < -0.4 is 15.8 Å². The molecule has 1 saturated heterocycles. The Morgan fingerprint density at radius 3 is 2.50 bits per heavy atom. The van der Waals surface area contributed by atoms with Crippen molar-refractivity contribution in [3.05, 3.63) is 28.8 Å². The van der Waals surface area contributed by atoms with Gasteiger partial charge in [-0.1, -0.05) is 6.07 Å². The number of aryl methyl sites for hydroxylation is 2. The fourth-order valence-electron chi connectivity index (χ4n) is 2.21. The Hall–Kier alpha value is -1.06. The summed E-state index contributed by atoms with van der Waals surface area (Å²) in [6.45, 7) is 6.23. The summed E-state index contributed by atoms with van der Waals surface area (Å²) in [5.74, 6) is 1.52. The summed E-state index contributed by atoms with van der Waals surface area (Å²) in [6, 6.07) is 4.39. The molecule has 16 heavy (non-hydrogen) atoms. The van der Waals surface area contributed by atoms with Crippen LogP contribution >= 0.6 is 0 Å². The van der Waals surface area contributed by atoms with Crippen LogP contribution in [0.2, 0.25) is 0 Å². The van der Waals surface area contributed by atoms with Crippen LogP contribution in [0.5, 0.6) is 5.75 Å². The van der Waals surface area contributed by atoms with Gasteiger partial charge in [-0.05, 0) is 36.6 Å². The van der Waals surface area contributed by atoms with Crippen molar-refractivity contribution >= 4 is 0 Å². The van der Waals surface area contributed by atoms with Gasteiger partial charge in [-0.3, -0.25) is 0 Å². The van der Waals surface area contributed by atoms with Crippen molar-refractivity contribution in [1.82, 2.24) is 5.32 Å². The summed E-state index contributed by atoms with van der Waals surface area (Å²) in [6.07, 6.45) is 0. The predicted molar refractivity (Wildman–Crippen MR) is 65.8 cm³/mol. The number of hydrogen-bond donors (Lipinski definition) is 2. The van der Waals surface area contributed by atoms with E-state index < -0.39 is 0 Å². The molecule has 1 unspecified atom stereocenters. The van der Waals surface area contributed by atoms with Gasteiger partial charge in [0.1, 0.15) is 5.75 Å². The summed E-state index contributed by atoms with van der Waals surface area (Å²) in [4.78, 5) is 0. The van der Waals surface area contributed by atoms with Gasteiger partial charge in [-0.15, -0.1) is 0 Å². The molecule has 2 rings (SSSR count). The summed E-state index contributed by atoms with van der Waals surface area (Å²) in [5, 5.41) is 3.26. The van der Waals surface area contributed by atoms with Gasteiger partial charge in [0, 0.05) is 25.0 Å². The third-order valence-electron chi connectivity index (χ3n) is 3.46. The Labute approximate surface area is 97.0 Å². The molecule has 1 fully saturated rings. The van der Waals surface area contributed by atoms with Crippen molar-refractivity contribution in [2.75, 3.05) is 20.2 Å². The molecular weight excluding hydrogens is 200 g/mol. The molecule has 1 aliphatic rings. The SMILES string of the molecule is COc1cc(C)c(C(N)C2CNC2)cc1C. The standard InChI is InChI=1S/C13H20N2O/c1-8-5-12(16-3)9(2)4-11(8)13(14)10-6-15-7-10/h4-5,10,13,15H,6-7,14H2,1-3H3. The fraction of sp³-hybridized carbons (Fsp3) is 0.538. The third kappa shape index (κ3) is 1.93. The minimum atomic E-state index is 0.144. The first-order valence-corrected chi connectivity index (χ1v) is 5.75. The first kappa shape index (κ1) is 11.4. The molecule has 0 amide bonds. The second-order valence-corrected chi connectivity index (χ2v) is 4.62. The van der Waals surface area contributed by atoms with E-state index >= 15 is 0 Å². The van der Waals surface area contributed by atoms with Gasteiger partial charge in [-0.2, -0.15) is 0 Å². The Bertz CT molecular complexity index is 386. The monoisotopic (exact) mass is 220 g/mol. The molecule has 0 radical (unpaired) electrons. The molecule has 0 spiro atoms. The second-order valence-electron chi connectivity index (χ2n) is 4.62. The van der Waals surface area contributed by atoms with Gasteiger partial charge in [0.2, 0.25) is 0 Å². The molecule has 1 heterocycles. The van der Waals surface area contributed by atoms with Gasteiger partial charge in [0.15, 0.2) is 0 Å². The van der Waals surface area contributed by atoms with Crippen LogP contribution in [-0.2, 0) is 0 Å². The maximum Gasteiger partial charge on any atom is 0.122 e. The van der Waals surface area contributed by atoms with Gasteiger partial charge in [0.25, 0.3) is 0 Å². The quantitative estimate of drug-likeness (QED) is 0.812. The predicted octanol–water partition coefficient (Wildman–Crippen LogP) is 1.53. The van der Waals surface area contributed by atoms with Crippen LogP contribution in [0.15, 0.2) is 12.1 Å². The van der Waals surface area contributed by atoms with E-state index in [1.54, 1.807) is 7.11 Å². The highest BCUT2D eigenvalue weighted by atomic mass is 16.5. The highest BCUT2D eigenvalue weighted by molar-refractivity contribution is 5.43. The van der Waals surface area contributed by atoms with Crippen molar-refractivity contribution in [3.8, 4) is 5.75 Å². The molecular formula is C13H20N2O. The maximum absolute atomic E-state index is 6.28. The summed E-state index contributed by atoms with van der Waals surface area (Å²) < 4.78 is 5.31. The van der Waals surface area contributed by atoms with E-state index in [1.807, 2.05) is 0 Å². The van der Waals surface area contributed by atoms with Crippen LogP contribution in [-0.4, -0.2) is 20.2 Å². The highest BCUT2D eigenvalue weighted by Gasteiger charge is 2.26. The molecule has 3 N–H and O–H groups in total. The number of benzene rings is 1. The van der Waals surface area contributed by atoms with E-state index in [0.717, 1.165) is 24.4 Å². The molecule has 0 aliphatic carbocycles. The molecule has 3 nitrogen and oxygen atoms in total. The van der Waals surface area contributed by atoms with E-state index in [0.29, 0.717) is 5.92 Å². The Balaban J connectivity index is 2.29. The molecule has 1 aliphatic heterocycles. The highest BCUT2D eigenvalue weighted by Crippen LogP contribution is 2.30. The number of nitrogens with one attached hydrogen (secondary N) is 1. The number of hydrogen-bond acceptors (Lipinski definition) is 3. The fourth-order valence-corrected chi connectivity index (χ4v) is 2.21. The number of rotatable bonds is 3. The van der Waals surface area contributed by atoms with Gasteiger partial charge < -0.3 is 15.8 Å². The number of nitrogens with two attached hydrogens (primary N) is 1. The first-order chi connectivity index (χ1) is 7.63. The van der Waals surface area contributed by atoms with E-state index in [2.05, 4.69) is 31.3 Å². The van der Waals surface area contributed by atoms with E-state index in [9.17, 15) is 0 Å². The van der Waals surface area contributed by atoms with Crippen molar-refractivity contribution in [3.63, 3.8) is 0 Å². The van der Waals surface area contributed by atoms with Crippen molar-refractivity contribution in [2.45, 2.75) is 19.9 Å². The minimum absolute atomic E-state index is 0.144. The average Bonchev–Trinajstić information content (AvgIpc) is 2.18. The van der Waals surface area contributed by atoms with Crippen LogP contribution in [0.1, 0.15) is 22.7 Å². The van der Waals surface area contributed by atoms with Gasteiger partial charge in [0.05, 0.1) is 7.11 Å². The molecule has 0 aromatic heterocycles. The zero-order valence-electron chi connectivity index (χ0n) is 10.2. The van der Waals surface area contributed by atoms with Crippen molar-refractivity contribution in [2.24, 2.45) is 11.7 Å². The zero-order valence-corrected chi connectivity index (χ0v) is 10.2. The van der Waals surface area contributed by atoms with Gasteiger partial charge >= 0.3 is 0 Å². The Morgan fingerprint density at radius 2 is 2.00 bits per heavy atom. The average molecular weight is 220 g/mol. The molecule has 0 saturated carbocycles. The number of methoxy groups -OCH3 is 1. The third-order valence-corrected chi connectivity index (χ3v) is 3.46. The van der Waals surface area contributed by atoms with Crippen molar-refractivity contribution < 1.29 is 4.74 Å². The van der Waals surface area contributed by atoms with E-state index in [1.165, 1.54) is 11.1 Å². The van der Waals surface area contributed by atoms with Crippen LogP contribution in [0.3, 0.4) is 0 Å². The zero-order chi connectivity index (χ0) is 11.7. The molecule has 0 bridgehead atoms. The van der Waals surface area contributed by atoms with Crippen LogP contribution in [0, 0.1) is 19.8 Å². The Morgan fingerprint density at radius 1 is 1.31 bits per heavy atom. The first-order valence-electron chi connectivity index (χ1n) is 5.75. The smallest absolute Gasteiger partial charge is 0.122 e. The maximum atomic E-state index is 6.28. The van der Waals surface area contributed by atoms with Crippen molar-refractivity contribution in [1.29, 1.82) is 0 Å². The molecule has 1 aromatic carbocycles. The lowest BCUT2D eigenvalue weighted by atomic mass is 9.86. The lowest BCUT2D eigenvalue weighted by Gasteiger charge is -2.33. The van der Waals surface area contributed by atoms with Gasteiger partial charge in [-0.25, -0.2) is 0 Å². The van der Waals surface area contributed by atoms with E-state index in [-0.39, 0.29) is 6.04 Å². The topological polar surface area (TPSA) is 47.3 Å². The lowest BCUT2D eigenvalue weighted by Crippen LogP contribution is -2.47. The summed E-state index contributed by atoms with van der Waals surface area (Å²) >= 11 is 0. The minimum Gasteiger partial charge on any atom is -0.496 e. The normalized spacial score (nSPS) is 18.0. The lowest BCUT2D eigenvalue weighted by molar-refractivity contribution is 0.294.